The molecule has 0 aliphatic heterocycles. The summed E-state index contributed by atoms with van der Waals surface area (Å²) < 4.78 is 28.1. The highest BCUT2D eigenvalue weighted by Crippen LogP contribution is 2.26. The van der Waals surface area contributed by atoms with Crippen LogP contribution in [0.4, 0.5) is 5.69 Å². The third-order valence-electron chi connectivity index (χ3n) is 5.29. The van der Waals surface area contributed by atoms with Crippen molar-refractivity contribution in [2.45, 2.75) is 51.3 Å². The highest BCUT2D eigenvalue weighted by Gasteiger charge is 2.27. The molecule has 1 aliphatic rings. The lowest BCUT2D eigenvalue weighted by molar-refractivity contribution is -0.119. The van der Waals surface area contributed by atoms with Crippen molar-refractivity contribution in [3.63, 3.8) is 0 Å². The normalized spacial score (nSPS) is 14.2. The summed E-state index contributed by atoms with van der Waals surface area (Å²) >= 11 is 0. The van der Waals surface area contributed by atoms with Gasteiger partial charge in [-0.25, -0.2) is 8.42 Å². The molecule has 0 unspecified atom stereocenters. The number of sulfonamides is 1. The fraction of sp³-hybridized carbons (Fsp3) is 0.375. The predicted molar refractivity (Wildman–Crippen MR) is 121 cm³/mol. The van der Waals surface area contributed by atoms with E-state index in [2.05, 4.69) is 11.4 Å². The zero-order valence-corrected chi connectivity index (χ0v) is 18.8. The Kier molecular flexibility index (Phi) is 6.98. The Morgan fingerprint density at radius 1 is 0.967 bits per heavy atom. The monoisotopic (exact) mass is 426 g/mol. The molecule has 0 spiro atoms. The summed E-state index contributed by atoms with van der Waals surface area (Å²) in [6.45, 7) is 5.97. The molecule has 160 valence electrons. The summed E-state index contributed by atoms with van der Waals surface area (Å²) in [5.74, 6) is -0.309. The highest BCUT2D eigenvalue weighted by molar-refractivity contribution is 7.92. The van der Waals surface area contributed by atoms with Gasteiger partial charge in [-0.2, -0.15) is 0 Å². The third kappa shape index (κ3) is 5.51. The topological polar surface area (TPSA) is 66.5 Å². The van der Waals surface area contributed by atoms with Crippen LogP contribution in [0.15, 0.2) is 59.0 Å². The van der Waals surface area contributed by atoms with Crippen LogP contribution in [0.25, 0.3) is 0 Å². The molecule has 0 bridgehead atoms. The van der Waals surface area contributed by atoms with Gasteiger partial charge in [-0.05, 0) is 81.8 Å². The van der Waals surface area contributed by atoms with Crippen molar-refractivity contribution in [1.29, 1.82) is 0 Å². The van der Waals surface area contributed by atoms with Gasteiger partial charge < -0.3 is 5.32 Å². The molecular formula is C24H30N2O3S. The van der Waals surface area contributed by atoms with Crippen molar-refractivity contribution in [3.8, 4) is 0 Å². The summed E-state index contributed by atoms with van der Waals surface area (Å²) in [5.41, 5.74) is 4.59. The Balaban J connectivity index is 1.88. The molecule has 1 N–H and O–H groups in total. The average molecular weight is 427 g/mol. The lowest BCUT2D eigenvalue weighted by Gasteiger charge is -2.25. The van der Waals surface area contributed by atoms with Crippen LogP contribution >= 0.6 is 0 Å². The van der Waals surface area contributed by atoms with E-state index in [1.807, 2.05) is 26.8 Å². The van der Waals surface area contributed by atoms with E-state index in [0.717, 1.165) is 36.0 Å². The van der Waals surface area contributed by atoms with Crippen LogP contribution in [-0.4, -0.2) is 27.4 Å². The smallest absolute Gasteiger partial charge is 0.264 e. The van der Waals surface area contributed by atoms with E-state index in [1.54, 1.807) is 36.4 Å². The minimum atomic E-state index is -3.88. The van der Waals surface area contributed by atoms with E-state index < -0.39 is 10.0 Å². The van der Waals surface area contributed by atoms with Gasteiger partial charge in [-0.3, -0.25) is 9.10 Å². The van der Waals surface area contributed by atoms with Crippen molar-refractivity contribution >= 4 is 21.6 Å². The van der Waals surface area contributed by atoms with Crippen molar-refractivity contribution in [2.24, 2.45) is 0 Å². The molecule has 0 radical (unpaired) electrons. The maximum absolute atomic E-state index is 13.4. The van der Waals surface area contributed by atoms with E-state index in [-0.39, 0.29) is 17.3 Å². The van der Waals surface area contributed by atoms with Crippen molar-refractivity contribution in [2.75, 3.05) is 17.4 Å². The second-order valence-electron chi connectivity index (χ2n) is 8.06. The fourth-order valence-electron chi connectivity index (χ4n) is 3.71. The fourth-order valence-corrected chi connectivity index (χ4v) is 5.12. The molecule has 1 amide bonds. The number of aryl methyl sites for hydroxylation is 3. The Hall–Kier alpha value is -2.60. The Labute approximate surface area is 179 Å². The highest BCUT2D eigenvalue weighted by atomic mass is 32.2. The number of carbonyl (C=O) groups is 1. The number of carbonyl (C=O) groups excluding carboxylic acids is 1. The van der Waals surface area contributed by atoms with Gasteiger partial charge in [0.15, 0.2) is 0 Å². The number of nitrogens with zero attached hydrogens (tertiary/aromatic N) is 1. The van der Waals surface area contributed by atoms with E-state index in [0.29, 0.717) is 12.2 Å². The molecule has 2 aromatic carbocycles. The maximum Gasteiger partial charge on any atom is 0.264 e. The zero-order valence-electron chi connectivity index (χ0n) is 17.9. The predicted octanol–water partition coefficient (Wildman–Crippen LogP) is 4.42. The number of nitrogens with one attached hydrogen (secondary N) is 1. The first-order chi connectivity index (χ1) is 14.3. The van der Waals surface area contributed by atoms with Gasteiger partial charge in [0.05, 0.1) is 10.6 Å². The number of hydrogen-bond acceptors (Lipinski definition) is 3. The number of allylic oxidation sites excluding steroid dienone is 1. The molecule has 5 nitrogen and oxygen atoms in total. The van der Waals surface area contributed by atoms with Crippen LogP contribution in [-0.2, 0) is 14.8 Å². The molecule has 0 heterocycles. The van der Waals surface area contributed by atoms with Gasteiger partial charge in [0.2, 0.25) is 5.91 Å². The molecule has 30 heavy (non-hydrogen) atoms. The molecule has 0 atom stereocenters. The molecule has 6 heteroatoms. The van der Waals surface area contributed by atoms with Crippen molar-refractivity contribution in [3.05, 3.63) is 70.8 Å². The molecule has 0 saturated heterocycles. The molecule has 0 fully saturated rings. The average Bonchev–Trinajstić information content (AvgIpc) is 2.70. The lowest BCUT2D eigenvalue weighted by Crippen LogP contribution is -2.41. The van der Waals surface area contributed by atoms with Crippen LogP contribution in [0.3, 0.4) is 0 Å². The van der Waals surface area contributed by atoms with Gasteiger partial charge in [0, 0.05) is 6.54 Å². The maximum atomic E-state index is 13.4. The molecule has 3 rings (SSSR count). The van der Waals surface area contributed by atoms with Crippen LogP contribution < -0.4 is 9.62 Å². The number of rotatable bonds is 7. The first kappa shape index (κ1) is 22.1. The number of anilines is 1. The van der Waals surface area contributed by atoms with Crippen LogP contribution in [0, 0.1) is 20.8 Å². The first-order valence-electron chi connectivity index (χ1n) is 10.4. The number of benzene rings is 2. The van der Waals surface area contributed by atoms with Gasteiger partial charge >= 0.3 is 0 Å². The van der Waals surface area contributed by atoms with Gasteiger partial charge in [0.25, 0.3) is 10.0 Å². The standard InChI is InChI=1S/C24H30N2O3S/c1-18-9-11-23(12-10-18)30(28,29)26(22-14-19(2)13-20(3)15-22)17-24(27)25-16-21-7-5-4-6-8-21/h7,9-15H,4-6,8,16-17H2,1-3H3,(H,25,27). The SMILES string of the molecule is Cc1ccc(S(=O)(=O)N(CC(=O)NCC2=CCCCC2)c2cc(C)cc(C)c2)cc1. The second kappa shape index (κ2) is 9.47. The minimum absolute atomic E-state index is 0.176. The largest absolute Gasteiger partial charge is 0.351 e. The Morgan fingerprint density at radius 3 is 2.23 bits per heavy atom. The van der Waals surface area contributed by atoms with Gasteiger partial charge in [-0.1, -0.05) is 35.4 Å². The van der Waals surface area contributed by atoms with Crippen molar-refractivity contribution < 1.29 is 13.2 Å². The van der Waals surface area contributed by atoms with Crippen LogP contribution in [0.1, 0.15) is 42.4 Å². The molecular weight excluding hydrogens is 396 g/mol. The molecule has 1 aliphatic carbocycles. The van der Waals surface area contributed by atoms with E-state index in [9.17, 15) is 13.2 Å². The summed E-state index contributed by atoms with van der Waals surface area (Å²) in [5, 5.41) is 2.90. The molecule has 2 aromatic rings. The van der Waals surface area contributed by atoms with Gasteiger partial charge in [0.1, 0.15) is 6.54 Å². The molecule has 0 saturated carbocycles. The summed E-state index contributed by atoms with van der Waals surface area (Å²) in [6.07, 6.45) is 6.53. The summed E-state index contributed by atoms with van der Waals surface area (Å²) in [7, 11) is -3.88. The Morgan fingerprint density at radius 2 is 1.63 bits per heavy atom. The minimum Gasteiger partial charge on any atom is -0.351 e. The number of amides is 1. The summed E-state index contributed by atoms with van der Waals surface area (Å²) in [6, 6.07) is 12.3. The third-order valence-corrected chi connectivity index (χ3v) is 7.08. The van der Waals surface area contributed by atoms with Crippen molar-refractivity contribution in [1.82, 2.24) is 5.32 Å². The first-order valence-corrected chi connectivity index (χ1v) is 11.8. The van der Waals surface area contributed by atoms with Crippen LogP contribution in [0.2, 0.25) is 0 Å². The van der Waals surface area contributed by atoms with E-state index >= 15 is 0 Å². The van der Waals surface area contributed by atoms with E-state index in [1.165, 1.54) is 16.3 Å². The second-order valence-corrected chi connectivity index (χ2v) is 9.92. The zero-order chi connectivity index (χ0) is 21.7. The van der Waals surface area contributed by atoms with E-state index in [4.69, 9.17) is 0 Å². The van der Waals surface area contributed by atoms with Gasteiger partial charge in [-0.15, -0.1) is 0 Å². The Bertz CT molecular complexity index is 1020. The number of hydrogen-bond donors (Lipinski definition) is 1. The molecule has 0 aromatic heterocycles. The quantitative estimate of drug-likeness (QED) is 0.667. The lowest BCUT2D eigenvalue weighted by atomic mass is 10.00. The summed E-state index contributed by atoms with van der Waals surface area (Å²) in [4.78, 5) is 12.9. The van der Waals surface area contributed by atoms with Crippen LogP contribution in [0.5, 0.6) is 0 Å².